The van der Waals surface area contributed by atoms with Gasteiger partial charge in [-0.3, -0.25) is 4.79 Å². The minimum absolute atomic E-state index is 0.111. The summed E-state index contributed by atoms with van der Waals surface area (Å²) in [5, 5.41) is 5.95. The van der Waals surface area contributed by atoms with Crippen LogP contribution in [0.4, 0.5) is 0 Å². The first-order valence-electron chi connectivity index (χ1n) is 4.65. The summed E-state index contributed by atoms with van der Waals surface area (Å²) in [6.45, 7) is 1.96. The van der Waals surface area contributed by atoms with Gasteiger partial charge in [0.25, 0.3) is 5.91 Å². The number of nitrogens with zero attached hydrogens (tertiary/aromatic N) is 1. The van der Waals surface area contributed by atoms with Crippen LogP contribution in [0.5, 0.6) is 0 Å². The molecule has 0 saturated heterocycles. The Morgan fingerprint density at radius 1 is 1.64 bits per heavy atom. The highest BCUT2D eigenvalue weighted by molar-refractivity contribution is 7.12. The lowest BCUT2D eigenvalue weighted by molar-refractivity contribution is 0.0958. The zero-order valence-electron chi connectivity index (χ0n) is 7.99. The summed E-state index contributed by atoms with van der Waals surface area (Å²) < 4.78 is 0. The number of hydrogen-bond acceptors (Lipinski definition) is 3. The molecule has 0 atom stereocenters. The summed E-state index contributed by atoms with van der Waals surface area (Å²) in [7, 11) is 0. The zero-order chi connectivity index (χ0) is 9.97. The predicted octanol–water partition coefficient (Wildman–Crippen LogP) is 2.26. The Hall–Kier alpha value is -1.16. The fourth-order valence-corrected chi connectivity index (χ4v) is 1.81. The molecule has 0 bridgehead atoms. The zero-order valence-corrected chi connectivity index (χ0v) is 8.80. The Balaban J connectivity index is 1.91. The summed E-state index contributed by atoms with van der Waals surface area (Å²) >= 11 is 1.43. The van der Waals surface area contributed by atoms with Gasteiger partial charge in [-0.05, 0) is 37.1 Å². The van der Waals surface area contributed by atoms with Crippen molar-refractivity contribution in [2.45, 2.75) is 19.8 Å². The summed E-state index contributed by atoms with van der Waals surface area (Å²) in [6, 6.07) is 3.65. The highest BCUT2D eigenvalue weighted by Crippen LogP contribution is 2.30. The van der Waals surface area contributed by atoms with Crippen molar-refractivity contribution in [1.82, 2.24) is 5.43 Å². The van der Waals surface area contributed by atoms with Gasteiger partial charge < -0.3 is 0 Å². The van der Waals surface area contributed by atoms with Crippen LogP contribution in [0.25, 0.3) is 0 Å². The number of hydrazone groups is 1. The molecule has 0 aromatic carbocycles. The smallest absolute Gasteiger partial charge is 0.266 e. The molecule has 1 amide bonds. The molecule has 14 heavy (non-hydrogen) atoms. The van der Waals surface area contributed by atoms with Crippen LogP contribution >= 0.6 is 11.3 Å². The van der Waals surface area contributed by atoms with Gasteiger partial charge in [-0.25, -0.2) is 5.43 Å². The van der Waals surface area contributed by atoms with E-state index in [2.05, 4.69) is 10.5 Å². The largest absolute Gasteiger partial charge is 0.281 e. The van der Waals surface area contributed by atoms with E-state index in [1.165, 1.54) is 24.2 Å². The van der Waals surface area contributed by atoms with Gasteiger partial charge in [0, 0.05) is 5.71 Å². The lowest BCUT2D eigenvalue weighted by Gasteiger charge is -1.98. The molecule has 1 saturated carbocycles. The maximum absolute atomic E-state index is 11.4. The van der Waals surface area contributed by atoms with E-state index in [-0.39, 0.29) is 5.91 Å². The van der Waals surface area contributed by atoms with E-state index in [4.69, 9.17) is 0 Å². The Morgan fingerprint density at radius 2 is 2.43 bits per heavy atom. The minimum Gasteiger partial charge on any atom is -0.266 e. The topological polar surface area (TPSA) is 41.5 Å². The molecular weight excluding hydrogens is 196 g/mol. The Kier molecular flexibility index (Phi) is 2.63. The van der Waals surface area contributed by atoms with Gasteiger partial charge in [0.2, 0.25) is 0 Å². The van der Waals surface area contributed by atoms with Crippen LogP contribution in [0, 0.1) is 5.92 Å². The summed E-state index contributed by atoms with van der Waals surface area (Å²) in [4.78, 5) is 12.2. The average Bonchev–Trinajstić information content (AvgIpc) is 2.90. The molecule has 0 radical (unpaired) electrons. The molecule has 1 aliphatic carbocycles. The molecule has 1 aromatic heterocycles. The second-order valence-corrected chi connectivity index (χ2v) is 4.39. The molecule has 0 spiro atoms. The van der Waals surface area contributed by atoms with Crippen LogP contribution in [-0.2, 0) is 0 Å². The number of carbonyl (C=O) groups excluding carboxylic acids is 1. The van der Waals surface area contributed by atoms with Crippen molar-refractivity contribution >= 4 is 23.0 Å². The molecule has 1 aromatic rings. The molecule has 0 unspecified atom stereocenters. The van der Waals surface area contributed by atoms with Crippen molar-refractivity contribution in [3.63, 3.8) is 0 Å². The van der Waals surface area contributed by atoms with E-state index in [0.717, 1.165) is 5.71 Å². The molecule has 1 N–H and O–H groups in total. The molecule has 0 aliphatic heterocycles. The molecular formula is C10H12N2OS. The molecule has 1 fully saturated rings. The molecule has 1 aliphatic rings. The minimum atomic E-state index is -0.111. The van der Waals surface area contributed by atoms with Crippen molar-refractivity contribution < 1.29 is 4.79 Å². The van der Waals surface area contributed by atoms with E-state index in [0.29, 0.717) is 10.8 Å². The Morgan fingerprint density at radius 3 is 3.00 bits per heavy atom. The second kappa shape index (κ2) is 3.92. The molecule has 74 valence electrons. The number of hydrogen-bond donors (Lipinski definition) is 1. The molecule has 2 rings (SSSR count). The van der Waals surface area contributed by atoms with Gasteiger partial charge in [-0.2, -0.15) is 5.10 Å². The average molecular weight is 208 g/mol. The third-order valence-electron chi connectivity index (χ3n) is 2.25. The van der Waals surface area contributed by atoms with E-state index >= 15 is 0 Å². The SMILES string of the molecule is C/C(=N\NC(=O)c1cccs1)C1CC1. The Labute approximate surface area is 86.8 Å². The maximum Gasteiger partial charge on any atom is 0.281 e. The van der Waals surface area contributed by atoms with Crippen molar-refractivity contribution in [3.05, 3.63) is 22.4 Å². The number of rotatable bonds is 3. The summed E-state index contributed by atoms with van der Waals surface area (Å²) in [5.41, 5.74) is 3.60. The predicted molar refractivity (Wildman–Crippen MR) is 57.6 cm³/mol. The van der Waals surface area contributed by atoms with Gasteiger partial charge in [-0.15, -0.1) is 11.3 Å². The number of amides is 1. The standard InChI is InChI=1S/C10H12N2OS/c1-7(8-4-5-8)11-12-10(13)9-3-2-6-14-9/h2-3,6,8H,4-5H2,1H3,(H,12,13)/b11-7+. The quantitative estimate of drug-likeness (QED) is 0.601. The van der Waals surface area contributed by atoms with Gasteiger partial charge in [-0.1, -0.05) is 6.07 Å². The van der Waals surface area contributed by atoms with E-state index < -0.39 is 0 Å². The van der Waals surface area contributed by atoms with Gasteiger partial charge in [0.1, 0.15) is 0 Å². The molecule has 4 heteroatoms. The highest BCUT2D eigenvalue weighted by Gasteiger charge is 2.24. The molecule has 1 heterocycles. The fraction of sp³-hybridized carbons (Fsp3) is 0.400. The van der Waals surface area contributed by atoms with Gasteiger partial charge >= 0.3 is 0 Å². The molecule has 3 nitrogen and oxygen atoms in total. The van der Waals surface area contributed by atoms with E-state index in [1.54, 1.807) is 6.07 Å². The second-order valence-electron chi connectivity index (χ2n) is 3.45. The maximum atomic E-state index is 11.4. The highest BCUT2D eigenvalue weighted by atomic mass is 32.1. The first-order chi connectivity index (χ1) is 6.77. The monoisotopic (exact) mass is 208 g/mol. The van der Waals surface area contributed by atoms with Crippen molar-refractivity contribution in [2.75, 3.05) is 0 Å². The van der Waals surface area contributed by atoms with Crippen LogP contribution < -0.4 is 5.43 Å². The van der Waals surface area contributed by atoms with Crippen LogP contribution in [-0.4, -0.2) is 11.6 Å². The lowest BCUT2D eigenvalue weighted by Crippen LogP contribution is -2.18. The number of nitrogens with one attached hydrogen (secondary N) is 1. The van der Waals surface area contributed by atoms with Crippen molar-refractivity contribution in [3.8, 4) is 0 Å². The summed E-state index contributed by atoms with van der Waals surface area (Å²) in [5.74, 6) is 0.499. The lowest BCUT2D eigenvalue weighted by atomic mass is 10.3. The van der Waals surface area contributed by atoms with Crippen LogP contribution in [0.15, 0.2) is 22.6 Å². The fourth-order valence-electron chi connectivity index (χ4n) is 1.19. The van der Waals surface area contributed by atoms with Crippen molar-refractivity contribution in [1.29, 1.82) is 0 Å². The first-order valence-corrected chi connectivity index (χ1v) is 5.53. The van der Waals surface area contributed by atoms with Gasteiger partial charge in [0.15, 0.2) is 0 Å². The summed E-state index contributed by atoms with van der Waals surface area (Å²) in [6.07, 6.45) is 2.43. The normalized spacial score (nSPS) is 16.8. The third-order valence-corrected chi connectivity index (χ3v) is 3.12. The number of thiophene rings is 1. The Bertz CT molecular complexity index is 352. The van der Waals surface area contributed by atoms with E-state index in [9.17, 15) is 4.79 Å². The third kappa shape index (κ3) is 2.20. The van der Waals surface area contributed by atoms with Crippen LogP contribution in [0.3, 0.4) is 0 Å². The van der Waals surface area contributed by atoms with Crippen LogP contribution in [0.1, 0.15) is 29.4 Å². The number of carbonyl (C=O) groups is 1. The van der Waals surface area contributed by atoms with E-state index in [1.807, 2.05) is 18.4 Å². The first kappa shape index (κ1) is 9.40. The van der Waals surface area contributed by atoms with Gasteiger partial charge in [0.05, 0.1) is 4.88 Å². The van der Waals surface area contributed by atoms with Crippen molar-refractivity contribution in [2.24, 2.45) is 11.0 Å². The van der Waals surface area contributed by atoms with Crippen LogP contribution in [0.2, 0.25) is 0 Å².